The van der Waals surface area contributed by atoms with E-state index in [1.807, 2.05) is 6.92 Å². The van der Waals surface area contributed by atoms with Gasteiger partial charge < -0.3 is 20.9 Å². The lowest BCUT2D eigenvalue weighted by molar-refractivity contribution is -0.140. The number of carbonyl (C=O) groups is 1. The Kier molecular flexibility index (Phi) is 4.95. The molecule has 1 aliphatic rings. The third kappa shape index (κ3) is 2.75. The van der Waals surface area contributed by atoms with Gasteiger partial charge >= 0.3 is 0 Å². The topological polar surface area (TPSA) is 99.2 Å². The van der Waals surface area contributed by atoms with Crippen molar-refractivity contribution in [2.24, 2.45) is 22.2 Å². The second-order valence-electron chi connectivity index (χ2n) is 5.11. The maximum atomic E-state index is 12.5. The van der Waals surface area contributed by atoms with Gasteiger partial charge in [-0.15, -0.1) is 0 Å². The van der Waals surface area contributed by atoms with Crippen LogP contribution in [-0.4, -0.2) is 46.7 Å². The van der Waals surface area contributed by atoms with Crippen LogP contribution in [0.2, 0.25) is 0 Å². The average molecular weight is 257 g/mol. The third-order valence-electron chi connectivity index (χ3n) is 3.92. The fourth-order valence-corrected chi connectivity index (χ4v) is 2.30. The maximum Gasteiger partial charge on any atom is 0.236 e. The van der Waals surface area contributed by atoms with Crippen molar-refractivity contribution in [1.82, 2.24) is 4.90 Å². The molecule has 2 atom stereocenters. The molecule has 1 amide bonds. The first-order valence-electron chi connectivity index (χ1n) is 6.37. The molecule has 1 saturated heterocycles. The maximum absolute atomic E-state index is 12.5. The van der Waals surface area contributed by atoms with E-state index in [1.165, 1.54) is 0 Å². The molecule has 0 saturated carbocycles. The molecule has 2 unspecified atom stereocenters. The number of piperidine rings is 1. The van der Waals surface area contributed by atoms with Gasteiger partial charge in [0, 0.05) is 19.7 Å². The van der Waals surface area contributed by atoms with Crippen LogP contribution in [0.25, 0.3) is 0 Å². The SMILES string of the molecule is CCC(C)(C(=O)N1CCCC(CO)C1)C(N)=NO. The van der Waals surface area contributed by atoms with Crippen molar-refractivity contribution in [2.45, 2.75) is 33.1 Å². The van der Waals surface area contributed by atoms with Crippen LogP contribution in [0.5, 0.6) is 0 Å². The fourth-order valence-electron chi connectivity index (χ4n) is 2.30. The van der Waals surface area contributed by atoms with Crippen molar-refractivity contribution in [1.29, 1.82) is 0 Å². The van der Waals surface area contributed by atoms with E-state index in [0.29, 0.717) is 19.5 Å². The van der Waals surface area contributed by atoms with Crippen molar-refractivity contribution in [2.75, 3.05) is 19.7 Å². The number of rotatable bonds is 4. The lowest BCUT2D eigenvalue weighted by Gasteiger charge is -2.37. The molecule has 0 spiro atoms. The first-order valence-corrected chi connectivity index (χ1v) is 6.37. The highest BCUT2D eigenvalue weighted by Crippen LogP contribution is 2.27. The van der Waals surface area contributed by atoms with E-state index in [2.05, 4.69) is 5.16 Å². The van der Waals surface area contributed by atoms with Crippen molar-refractivity contribution in [3.05, 3.63) is 0 Å². The summed E-state index contributed by atoms with van der Waals surface area (Å²) in [6, 6.07) is 0. The van der Waals surface area contributed by atoms with Gasteiger partial charge in [-0.3, -0.25) is 4.79 Å². The Morgan fingerprint density at radius 3 is 2.78 bits per heavy atom. The Bertz CT molecular complexity index is 333. The van der Waals surface area contributed by atoms with Crippen molar-refractivity contribution in [3.63, 3.8) is 0 Å². The largest absolute Gasteiger partial charge is 0.409 e. The van der Waals surface area contributed by atoms with Gasteiger partial charge in [0.05, 0.1) is 0 Å². The zero-order valence-electron chi connectivity index (χ0n) is 11.1. The standard InChI is InChI=1S/C12H23N3O3/c1-3-12(2,10(13)14-18)11(17)15-6-4-5-9(7-15)8-16/h9,16,18H,3-8H2,1-2H3,(H2,13,14). The molecular weight excluding hydrogens is 234 g/mol. The molecule has 1 heterocycles. The third-order valence-corrected chi connectivity index (χ3v) is 3.92. The van der Waals surface area contributed by atoms with Gasteiger partial charge in [-0.25, -0.2) is 0 Å². The van der Waals surface area contributed by atoms with E-state index >= 15 is 0 Å². The van der Waals surface area contributed by atoms with Crippen LogP contribution in [0.1, 0.15) is 33.1 Å². The number of carbonyl (C=O) groups excluding carboxylic acids is 1. The summed E-state index contributed by atoms with van der Waals surface area (Å²) in [4.78, 5) is 14.2. The predicted molar refractivity (Wildman–Crippen MR) is 68.2 cm³/mol. The van der Waals surface area contributed by atoms with E-state index in [1.54, 1.807) is 11.8 Å². The van der Waals surface area contributed by atoms with E-state index in [4.69, 9.17) is 10.9 Å². The Morgan fingerprint density at radius 2 is 2.28 bits per heavy atom. The number of hydrogen-bond donors (Lipinski definition) is 3. The first-order chi connectivity index (χ1) is 8.49. The van der Waals surface area contributed by atoms with Crippen LogP contribution in [-0.2, 0) is 4.79 Å². The van der Waals surface area contributed by atoms with Gasteiger partial charge in [0.1, 0.15) is 5.41 Å². The second-order valence-corrected chi connectivity index (χ2v) is 5.11. The van der Waals surface area contributed by atoms with E-state index in [-0.39, 0.29) is 24.3 Å². The number of nitrogens with two attached hydrogens (primary N) is 1. The molecule has 1 rings (SSSR count). The molecule has 6 nitrogen and oxygen atoms in total. The Labute approximate surface area is 107 Å². The van der Waals surface area contributed by atoms with Gasteiger partial charge in [0.2, 0.25) is 5.91 Å². The highest BCUT2D eigenvalue weighted by molar-refractivity contribution is 6.06. The lowest BCUT2D eigenvalue weighted by Crippen LogP contribution is -2.52. The molecule has 0 bridgehead atoms. The Hall–Kier alpha value is -1.30. The summed E-state index contributed by atoms with van der Waals surface area (Å²) in [6.45, 7) is 4.83. The molecule has 104 valence electrons. The molecule has 0 aromatic rings. The van der Waals surface area contributed by atoms with Crippen molar-refractivity contribution >= 4 is 11.7 Å². The van der Waals surface area contributed by atoms with Crippen LogP contribution >= 0.6 is 0 Å². The Balaban J connectivity index is 2.84. The number of oxime groups is 1. The van der Waals surface area contributed by atoms with E-state index in [0.717, 1.165) is 12.8 Å². The minimum absolute atomic E-state index is 0.0545. The second kappa shape index (κ2) is 6.04. The molecule has 6 heteroatoms. The molecule has 18 heavy (non-hydrogen) atoms. The molecule has 1 aliphatic heterocycles. The monoisotopic (exact) mass is 257 g/mol. The summed E-state index contributed by atoms with van der Waals surface area (Å²) in [5.74, 6) is -0.0457. The van der Waals surface area contributed by atoms with Gasteiger partial charge in [-0.2, -0.15) is 0 Å². The Morgan fingerprint density at radius 1 is 1.61 bits per heavy atom. The average Bonchev–Trinajstić information content (AvgIpc) is 2.44. The van der Waals surface area contributed by atoms with Gasteiger partial charge in [-0.05, 0) is 32.1 Å². The molecule has 0 aliphatic carbocycles. The lowest BCUT2D eigenvalue weighted by atomic mass is 9.83. The number of nitrogens with zero attached hydrogens (tertiary/aromatic N) is 2. The molecule has 1 fully saturated rings. The summed E-state index contributed by atoms with van der Waals surface area (Å²) in [7, 11) is 0. The van der Waals surface area contributed by atoms with Gasteiger partial charge in [0.15, 0.2) is 5.84 Å². The van der Waals surface area contributed by atoms with Gasteiger partial charge in [0.25, 0.3) is 0 Å². The van der Waals surface area contributed by atoms with Crippen LogP contribution in [0, 0.1) is 11.3 Å². The number of aliphatic hydroxyl groups excluding tert-OH is 1. The summed E-state index contributed by atoms with van der Waals surface area (Å²) >= 11 is 0. The zero-order chi connectivity index (χ0) is 13.8. The number of amides is 1. The number of hydrogen-bond acceptors (Lipinski definition) is 4. The van der Waals surface area contributed by atoms with Gasteiger partial charge in [-0.1, -0.05) is 12.1 Å². The molecular formula is C12H23N3O3. The number of likely N-dealkylation sites (tertiary alicyclic amines) is 1. The summed E-state index contributed by atoms with van der Waals surface area (Å²) in [6.07, 6.45) is 2.29. The fraction of sp³-hybridized carbons (Fsp3) is 0.833. The van der Waals surface area contributed by atoms with Crippen LogP contribution in [0.15, 0.2) is 5.16 Å². The summed E-state index contributed by atoms with van der Waals surface area (Å²) in [5.41, 5.74) is 4.67. The minimum Gasteiger partial charge on any atom is -0.409 e. The highest BCUT2D eigenvalue weighted by Gasteiger charge is 2.40. The van der Waals surface area contributed by atoms with Crippen molar-refractivity contribution < 1.29 is 15.1 Å². The summed E-state index contributed by atoms with van der Waals surface area (Å²) in [5, 5.41) is 21.0. The highest BCUT2D eigenvalue weighted by atomic mass is 16.4. The number of amidine groups is 1. The van der Waals surface area contributed by atoms with E-state index < -0.39 is 5.41 Å². The summed E-state index contributed by atoms with van der Waals surface area (Å²) < 4.78 is 0. The molecule has 0 radical (unpaired) electrons. The minimum atomic E-state index is -0.966. The predicted octanol–water partition coefficient (Wildman–Crippen LogP) is 0.380. The van der Waals surface area contributed by atoms with Crippen LogP contribution < -0.4 is 5.73 Å². The smallest absolute Gasteiger partial charge is 0.236 e. The quantitative estimate of drug-likeness (QED) is 0.293. The van der Waals surface area contributed by atoms with Crippen molar-refractivity contribution in [3.8, 4) is 0 Å². The van der Waals surface area contributed by atoms with E-state index in [9.17, 15) is 9.90 Å². The van der Waals surface area contributed by atoms with Crippen LogP contribution in [0.4, 0.5) is 0 Å². The molecule has 4 N–H and O–H groups in total. The molecule has 0 aromatic carbocycles. The number of aliphatic hydroxyl groups is 1. The molecule has 0 aromatic heterocycles. The normalized spacial score (nSPS) is 24.7. The first kappa shape index (κ1) is 14.8. The zero-order valence-corrected chi connectivity index (χ0v) is 11.1. The van der Waals surface area contributed by atoms with Crippen LogP contribution in [0.3, 0.4) is 0 Å².